The van der Waals surface area contributed by atoms with E-state index in [1.807, 2.05) is 31.3 Å². The maximum absolute atomic E-state index is 5.52. The zero-order valence-electron chi connectivity index (χ0n) is 14.5. The summed E-state index contributed by atoms with van der Waals surface area (Å²) in [5, 5.41) is 4.01. The zero-order valence-corrected chi connectivity index (χ0v) is 16.9. The highest BCUT2D eigenvalue weighted by Gasteiger charge is 2.11. The van der Waals surface area contributed by atoms with E-state index in [4.69, 9.17) is 12.2 Å². The Balaban J connectivity index is 1.56. The van der Waals surface area contributed by atoms with Crippen LogP contribution in [0.15, 0.2) is 53.0 Å². The van der Waals surface area contributed by atoms with E-state index in [-0.39, 0.29) is 0 Å². The number of piperidine rings is 1. The first-order valence-electron chi connectivity index (χ1n) is 8.73. The third kappa shape index (κ3) is 5.19. The fourth-order valence-electron chi connectivity index (χ4n) is 3.10. The molecule has 1 aliphatic rings. The van der Waals surface area contributed by atoms with Crippen LogP contribution in [0.4, 0.5) is 11.4 Å². The third-order valence-corrected chi connectivity index (χ3v) is 5.41. The molecule has 2 aromatic carbocycles. The molecule has 132 valence electrons. The minimum atomic E-state index is 0.721. The molecule has 3 nitrogen and oxygen atoms in total. The van der Waals surface area contributed by atoms with Gasteiger partial charge in [-0.1, -0.05) is 34.1 Å². The summed E-state index contributed by atoms with van der Waals surface area (Å²) < 4.78 is 1.04. The maximum atomic E-state index is 5.52. The molecule has 2 aromatic rings. The molecular weight excluding hydrogens is 394 g/mol. The van der Waals surface area contributed by atoms with E-state index in [9.17, 15) is 0 Å². The molecule has 0 aromatic heterocycles. The number of benzene rings is 2. The Morgan fingerprint density at radius 1 is 1.12 bits per heavy atom. The summed E-state index contributed by atoms with van der Waals surface area (Å²) in [5.74, 6) is 0. The van der Waals surface area contributed by atoms with Crippen molar-refractivity contribution >= 4 is 44.6 Å². The van der Waals surface area contributed by atoms with Gasteiger partial charge in [-0.3, -0.25) is 0 Å². The Morgan fingerprint density at radius 2 is 1.84 bits per heavy atom. The molecule has 0 amide bonds. The summed E-state index contributed by atoms with van der Waals surface area (Å²) in [4.78, 5) is 4.54. The molecule has 3 rings (SSSR count). The van der Waals surface area contributed by atoms with Gasteiger partial charge in [-0.25, -0.2) is 0 Å². The first kappa shape index (κ1) is 18.2. The molecule has 1 saturated heterocycles. The van der Waals surface area contributed by atoms with Crippen LogP contribution in [0.2, 0.25) is 0 Å². The predicted molar refractivity (Wildman–Crippen MR) is 114 cm³/mol. The van der Waals surface area contributed by atoms with Crippen LogP contribution in [-0.2, 0) is 6.54 Å². The summed E-state index contributed by atoms with van der Waals surface area (Å²) in [6.45, 7) is 3.15. The van der Waals surface area contributed by atoms with Crippen molar-refractivity contribution in [3.05, 3.63) is 58.6 Å². The molecular formula is C20H24BrN3S. The van der Waals surface area contributed by atoms with Crippen LogP contribution in [0.3, 0.4) is 0 Å². The largest absolute Gasteiger partial charge is 0.372 e. The van der Waals surface area contributed by atoms with Crippen LogP contribution in [0.1, 0.15) is 24.8 Å². The monoisotopic (exact) mass is 417 g/mol. The average Bonchev–Trinajstić information content (AvgIpc) is 2.63. The number of thiocarbonyl (C=S) groups is 1. The molecule has 1 fully saturated rings. The van der Waals surface area contributed by atoms with E-state index in [1.165, 1.54) is 43.6 Å². The smallest absolute Gasteiger partial charge is 0.173 e. The van der Waals surface area contributed by atoms with Crippen molar-refractivity contribution in [2.24, 2.45) is 0 Å². The van der Waals surface area contributed by atoms with Gasteiger partial charge in [-0.15, -0.1) is 0 Å². The van der Waals surface area contributed by atoms with Crippen molar-refractivity contribution in [2.45, 2.75) is 25.8 Å². The molecule has 0 spiro atoms. The lowest BCUT2D eigenvalue weighted by atomic mass is 10.1. The number of anilines is 2. The van der Waals surface area contributed by atoms with Crippen molar-refractivity contribution in [3.8, 4) is 0 Å². The highest BCUT2D eigenvalue weighted by atomic mass is 79.9. The van der Waals surface area contributed by atoms with E-state index >= 15 is 0 Å². The van der Waals surface area contributed by atoms with E-state index in [2.05, 4.69) is 55.3 Å². The predicted octanol–water partition coefficient (Wildman–Crippen LogP) is 5.27. The summed E-state index contributed by atoms with van der Waals surface area (Å²) in [6.07, 6.45) is 3.97. The Morgan fingerprint density at radius 3 is 2.52 bits per heavy atom. The van der Waals surface area contributed by atoms with Crippen LogP contribution in [0.5, 0.6) is 0 Å². The molecule has 1 heterocycles. The van der Waals surface area contributed by atoms with Gasteiger partial charge in [0.1, 0.15) is 0 Å². The molecule has 0 bridgehead atoms. The van der Waals surface area contributed by atoms with Gasteiger partial charge in [0.2, 0.25) is 0 Å². The van der Waals surface area contributed by atoms with E-state index in [0.29, 0.717) is 0 Å². The molecule has 1 aliphatic heterocycles. The van der Waals surface area contributed by atoms with Crippen LogP contribution < -0.4 is 10.2 Å². The lowest BCUT2D eigenvalue weighted by Crippen LogP contribution is -2.31. The summed E-state index contributed by atoms with van der Waals surface area (Å²) >= 11 is 9.00. The number of nitrogens with one attached hydrogen (secondary N) is 1. The molecule has 0 aliphatic carbocycles. The number of rotatable bonds is 4. The summed E-state index contributed by atoms with van der Waals surface area (Å²) in [7, 11) is 2.02. The third-order valence-electron chi connectivity index (χ3n) is 4.50. The van der Waals surface area contributed by atoms with Crippen molar-refractivity contribution in [3.63, 3.8) is 0 Å². The molecule has 25 heavy (non-hydrogen) atoms. The van der Waals surface area contributed by atoms with Crippen molar-refractivity contribution in [2.75, 3.05) is 30.4 Å². The van der Waals surface area contributed by atoms with Crippen LogP contribution >= 0.6 is 28.1 Å². The number of halogens is 1. The van der Waals surface area contributed by atoms with Gasteiger partial charge in [0, 0.05) is 42.5 Å². The molecule has 0 saturated carbocycles. The lowest BCUT2D eigenvalue weighted by Gasteiger charge is -2.29. The SMILES string of the molecule is CN(Cc1ccc(N2CCCCC2)cc1)C(=S)Nc1cccc(Br)c1. The topological polar surface area (TPSA) is 18.5 Å². The van der Waals surface area contributed by atoms with Gasteiger partial charge < -0.3 is 15.1 Å². The van der Waals surface area contributed by atoms with Crippen molar-refractivity contribution in [1.29, 1.82) is 0 Å². The number of nitrogens with zero attached hydrogens (tertiary/aromatic N) is 2. The Bertz CT molecular complexity index is 711. The second kappa shape index (κ2) is 8.68. The van der Waals surface area contributed by atoms with Crippen LogP contribution in [-0.4, -0.2) is 30.1 Å². The lowest BCUT2D eigenvalue weighted by molar-refractivity contribution is 0.508. The molecule has 0 unspecified atom stereocenters. The van der Waals surface area contributed by atoms with Crippen LogP contribution in [0.25, 0.3) is 0 Å². The summed E-state index contributed by atoms with van der Waals surface area (Å²) in [5.41, 5.74) is 3.59. The van der Waals surface area contributed by atoms with Gasteiger partial charge in [-0.2, -0.15) is 0 Å². The summed E-state index contributed by atoms with van der Waals surface area (Å²) in [6, 6.07) is 16.9. The highest BCUT2D eigenvalue weighted by Crippen LogP contribution is 2.21. The number of hydrogen-bond donors (Lipinski definition) is 1. The van der Waals surface area contributed by atoms with E-state index in [0.717, 1.165) is 21.8 Å². The minimum Gasteiger partial charge on any atom is -0.372 e. The fourth-order valence-corrected chi connectivity index (χ4v) is 3.68. The molecule has 1 N–H and O–H groups in total. The molecule has 5 heteroatoms. The Labute approximate surface area is 164 Å². The van der Waals surface area contributed by atoms with Gasteiger partial charge in [0.25, 0.3) is 0 Å². The van der Waals surface area contributed by atoms with Crippen molar-refractivity contribution in [1.82, 2.24) is 4.90 Å². The molecule has 0 atom stereocenters. The van der Waals surface area contributed by atoms with Gasteiger partial charge >= 0.3 is 0 Å². The average molecular weight is 418 g/mol. The quantitative estimate of drug-likeness (QED) is 0.682. The van der Waals surface area contributed by atoms with Gasteiger partial charge in [0.05, 0.1) is 0 Å². The standard InChI is InChI=1S/C20H24BrN3S/c1-23(20(25)22-18-7-5-6-17(21)14-18)15-16-8-10-19(11-9-16)24-12-3-2-4-13-24/h5-11,14H,2-4,12-13,15H2,1H3,(H,22,25). The van der Waals surface area contributed by atoms with Crippen molar-refractivity contribution < 1.29 is 0 Å². The minimum absolute atomic E-state index is 0.721. The Hall–Kier alpha value is -1.59. The second-order valence-corrected chi connectivity index (χ2v) is 7.81. The second-order valence-electron chi connectivity index (χ2n) is 6.51. The molecule has 0 radical (unpaired) electrons. The first-order valence-corrected chi connectivity index (χ1v) is 9.93. The normalized spacial score (nSPS) is 14.2. The van der Waals surface area contributed by atoms with Gasteiger partial charge in [-0.05, 0) is 67.4 Å². The van der Waals surface area contributed by atoms with E-state index in [1.54, 1.807) is 0 Å². The Kier molecular flexibility index (Phi) is 6.32. The first-order chi connectivity index (χ1) is 12.1. The fraction of sp³-hybridized carbons (Fsp3) is 0.350. The van der Waals surface area contributed by atoms with Gasteiger partial charge in [0.15, 0.2) is 5.11 Å². The number of hydrogen-bond acceptors (Lipinski definition) is 2. The maximum Gasteiger partial charge on any atom is 0.173 e. The van der Waals surface area contributed by atoms with E-state index < -0.39 is 0 Å². The highest BCUT2D eigenvalue weighted by molar-refractivity contribution is 9.10. The zero-order chi connectivity index (χ0) is 17.6. The van der Waals surface area contributed by atoms with Crippen LogP contribution in [0, 0.1) is 0 Å².